The molecule has 0 aliphatic rings. The lowest BCUT2D eigenvalue weighted by atomic mass is 10.0. The average molecular weight is 357 g/mol. The molecule has 2 aromatic rings. The number of carbonyl (C=O) groups is 1. The molecule has 1 aromatic carbocycles. The van der Waals surface area contributed by atoms with Crippen LogP contribution in [-0.2, 0) is 9.53 Å². The molecule has 1 aromatic heterocycles. The SMILES string of the molecule is CCOC(=O)CCC(Cl)c1ccc(Br)c2cccnc12. The number of ether oxygens (including phenoxy) is 1. The average Bonchev–Trinajstić information content (AvgIpc) is 2.46. The fourth-order valence-electron chi connectivity index (χ4n) is 2.05. The largest absolute Gasteiger partial charge is 0.466 e. The van der Waals surface area contributed by atoms with Crippen LogP contribution in [-0.4, -0.2) is 17.6 Å². The highest BCUT2D eigenvalue weighted by molar-refractivity contribution is 9.10. The first-order valence-electron chi connectivity index (χ1n) is 6.46. The Morgan fingerprint density at radius 2 is 2.25 bits per heavy atom. The lowest BCUT2D eigenvalue weighted by Gasteiger charge is -2.12. The summed E-state index contributed by atoms with van der Waals surface area (Å²) < 4.78 is 5.90. The van der Waals surface area contributed by atoms with Crippen LogP contribution in [0.15, 0.2) is 34.9 Å². The first-order valence-corrected chi connectivity index (χ1v) is 7.69. The lowest BCUT2D eigenvalue weighted by molar-refractivity contribution is -0.143. The van der Waals surface area contributed by atoms with Gasteiger partial charge < -0.3 is 4.74 Å². The smallest absolute Gasteiger partial charge is 0.305 e. The van der Waals surface area contributed by atoms with E-state index in [0.29, 0.717) is 19.4 Å². The third kappa shape index (κ3) is 3.49. The Morgan fingerprint density at radius 1 is 1.45 bits per heavy atom. The Kier molecular flexibility index (Phi) is 5.38. The number of rotatable bonds is 5. The maximum atomic E-state index is 11.4. The molecule has 0 saturated carbocycles. The lowest BCUT2D eigenvalue weighted by Crippen LogP contribution is -2.05. The van der Waals surface area contributed by atoms with Gasteiger partial charge in [0.05, 0.1) is 17.5 Å². The van der Waals surface area contributed by atoms with Crippen molar-refractivity contribution in [3.8, 4) is 0 Å². The van der Waals surface area contributed by atoms with Gasteiger partial charge in [-0.3, -0.25) is 9.78 Å². The van der Waals surface area contributed by atoms with Crippen molar-refractivity contribution in [1.82, 2.24) is 4.98 Å². The quantitative estimate of drug-likeness (QED) is 0.579. The van der Waals surface area contributed by atoms with Crippen LogP contribution in [0.25, 0.3) is 10.9 Å². The molecule has 0 aliphatic heterocycles. The number of fused-ring (bicyclic) bond motifs is 1. The minimum Gasteiger partial charge on any atom is -0.466 e. The van der Waals surface area contributed by atoms with Crippen molar-refractivity contribution in [3.63, 3.8) is 0 Å². The molecule has 5 heteroatoms. The van der Waals surface area contributed by atoms with Gasteiger partial charge in [-0.25, -0.2) is 0 Å². The summed E-state index contributed by atoms with van der Waals surface area (Å²) in [5.74, 6) is -0.215. The number of halogens is 2. The van der Waals surface area contributed by atoms with Crippen molar-refractivity contribution in [1.29, 1.82) is 0 Å². The molecule has 0 radical (unpaired) electrons. The second-order valence-electron chi connectivity index (χ2n) is 4.35. The van der Waals surface area contributed by atoms with Gasteiger partial charge in [0.15, 0.2) is 0 Å². The Bertz CT molecular complexity index is 618. The van der Waals surface area contributed by atoms with Crippen molar-refractivity contribution in [3.05, 3.63) is 40.5 Å². The van der Waals surface area contributed by atoms with Gasteiger partial charge in [0, 0.05) is 22.5 Å². The maximum Gasteiger partial charge on any atom is 0.305 e. The Balaban J connectivity index is 2.20. The Morgan fingerprint density at radius 3 is 3.00 bits per heavy atom. The number of benzene rings is 1. The number of esters is 1. The molecule has 0 amide bonds. The molecule has 0 aliphatic carbocycles. The number of nitrogens with zero attached hydrogens (tertiary/aromatic N) is 1. The van der Waals surface area contributed by atoms with Crippen LogP contribution in [0.3, 0.4) is 0 Å². The van der Waals surface area contributed by atoms with E-state index in [-0.39, 0.29) is 11.3 Å². The zero-order chi connectivity index (χ0) is 14.5. The van der Waals surface area contributed by atoms with Gasteiger partial charge in [0.25, 0.3) is 0 Å². The molecule has 3 nitrogen and oxygen atoms in total. The van der Waals surface area contributed by atoms with Gasteiger partial charge in [-0.15, -0.1) is 11.6 Å². The maximum absolute atomic E-state index is 11.4. The third-order valence-corrected chi connectivity index (χ3v) is 4.14. The Labute approximate surface area is 131 Å². The highest BCUT2D eigenvalue weighted by Gasteiger charge is 2.15. The van der Waals surface area contributed by atoms with E-state index in [9.17, 15) is 4.79 Å². The predicted molar refractivity (Wildman–Crippen MR) is 83.9 cm³/mol. The first-order chi connectivity index (χ1) is 9.63. The summed E-state index contributed by atoms with van der Waals surface area (Å²) >= 11 is 9.92. The number of hydrogen-bond acceptors (Lipinski definition) is 3. The minimum absolute atomic E-state index is 0.215. The second kappa shape index (κ2) is 7.04. The topological polar surface area (TPSA) is 39.2 Å². The van der Waals surface area contributed by atoms with E-state index in [1.165, 1.54) is 0 Å². The summed E-state index contributed by atoms with van der Waals surface area (Å²) in [4.78, 5) is 15.8. The molecule has 0 fully saturated rings. The van der Waals surface area contributed by atoms with Crippen LogP contribution in [0.4, 0.5) is 0 Å². The highest BCUT2D eigenvalue weighted by Crippen LogP contribution is 2.33. The van der Waals surface area contributed by atoms with Crippen LogP contribution in [0.2, 0.25) is 0 Å². The molecule has 0 saturated heterocycles. The van der Waals surface area contributed by atoms with Crippen molar-refractivity contribution < 1.29 is 9.53 Å². The van der Waals surface area contributed by atoms with E-state index in [0.717, 1.165) is 20.9 Å². The summed E-state index contributed by atoms with van der Waals surface area (Å²) in [5, 5.41) is 0.761. The van der Waals surface area contributed by atoms with Gasteiger partial charge in [-0.1, -0.05) is 28.1 Å². The van der Waals surface area contributed by atoms with Crippen LogP contribution in [0.1, 0.15) is 30.7 Å². The summed E-state index contributed by atoms with van der Waals surface area (Å²) in [6.45, 7) is 2.19. The van der Waals surface area contributed by atoms with Gasteiger partial charge in [0.2, 0.25) is 0 Å². The van der Waals surface area contributed by atoms with Gasteiger partial charge in [0.1, 0.15) is 0 Å². The molecule has 106 valence electrons. The number of hydrogen-bond donors (Lipinski definition) is 0. The van der Waals surface area contributed by atoms with E-state index in [1.54, 1.807) is 13.1 Å². The standard InChI is InChI=1S/C15H15BrClNO2/c1-2-20-14(19)8-7-13(17)11-5-6-12(16)10-4-3-9-18-15(10)11/h3-6,9,13H,2,7-8H2,1H3. The summed E-state index contributed by atoms with van der Waals surface area (Å²) in [7, 11) is 0. The Hall–Kier alpha value is -1.13. The molecule has 1 atom stereocenters. The first kappa shape index (κ1) is 15.3. The van der Waals surface area contributed by atoms with Crippen molar-refractivity contribution >= 4 is 44.4 Å². The van der Waals surface area contributed by atoms with Crippen molar-refractivity contribution in [2.45, 2.75) is 25.1 Å². The molecule has 0 bridgehead atoms. The van der Waals surface area contributed by atoms with E-state index in [1.807, 2.05) is 24.3 Å². The van der Waals surface area contributed by atoms with Crippen molar-refractivity contribution in [2.75, 3.05) is 6.61 Å². The molecule has 2 rings (SSSR count). The summed E-state index contributed by atoms with van der Waals surface area (Å²) in [5.41, 5.74) is 1.81. The van der Waals surface area contributed by atoms with Gasteiger partial charge in [-0.2, -0.15) is 0 Å². The summed E-state index contributed by atoms with van der Waals surface area (Å²) in [6.07, 6.45) is 2.59. The number of aromatic nitrogens is 1. The number of alkyl halides is 1. The monoisotopic (exact) mass is 355 g/mol. The predicted octanol–water partition coefficient (Wildman–Crippen LogP) is 4.62. The van der Waals surface area contributed by atoms with Crippen LogP contribution >= 0.6 is 27.5 Å². The number of pyridine rings is 1. The normalized spacial score (nSPS) is 12.3. The highest BCUT2D eigenvalue weighted by atomic mass is 79.9. The van der Waals surface area contributed by atoms with Crippen LogP contribution < -0.4 is 0 Å². The zero-order valence-electron chi connectivity index (χ0n) is 11.1. The van der Waals surface area contributed by atoms with Crippen LogP contribution in [0.5, 0.6) is 0 Å². The molecule has 0 N–H and O–H groups in total. The fraction of sp³-hybridized carbons (Fsp3) is 0.333. The van der Waals surface area contributed by atoms with Crippen molar-refractivity contribution in [2.24, 2.45) is 0 Å². The molecule has 1 heterocycles. The second-order valence-corrected chi connectivity index (χ2v) is 5.73. The molecule has 1 unspecified atom stereocenters. The van der Waals surface area contributed by atoms with Gasteiger partial charge in [-0.05, 0) is 31.0 Å². The van der Waals surface area contributed by atoms with Gasteiger partial charge >= 0.3 is 5.97 Å². The molecule has 0 spiro atoms. The zero-order valence-corrected chi connectivity index (χ0v) is 13.4. The third-order valence-electron chi connectivity index (χ3n) is 2.99. The number of carbonyl (C=O) groups excluding carboxylic acids is 1. The molecular formula is C15H15BrClNO2. The van der Waals surface area contributed by atoms with Crippen LogP contribution in [0, 0.1) is 0 Å². The van der Waals surface area contributed by atoms with E-state index < -0.39 is 0 Å². The molecule has 20 heavy (non-hydrogen) atoms. The minimum atomic E-state index is -0.259. The molecular weight excluding hydrogens is 342 g/mol. The van der Waals surface area contributed by atoms with E-state index in [2.05, 4.69) is 20.9 Å². The van der Waals surface area contributed by atoms with E-state index >= 15 is 0 Å². The van der Waals surface area contributed by atoms with E-state index in [4.69, 9.17) is 16.3 Å². The summed E-state index contributed by atoms with van der Waals surface area (Å²) in [6, 6.07) is 7.78. The fourth-order valence-corrected chi connectivity index (χ4v) is 2.78.